The van der Waals surface area contributed by atoms with E-state index in [9.17, 15) is 9.00 Å². The minimum absolute atomic E-state index is 0.306. The van der Waals surface area contributed by atoms with E-state index < -0.39 is 10.8 Å². The summed E-state index contributed by atoms with van der Waals surface area (Å²) >= 11 is 0. The highest BCUT2D eigenvalue weighted by atomic mass is 32.2. The van der Waals surface area contributed by atoms with Gasteiger partial charge in [-0.15, -0.1) is 0 Å². The molecule has 1 aromatic heterocycles. The third kappa shape index (κ3) is 3.63. The van der Waals surface area contributed by atoms with E-state index >= 15 is 0 Å². The van der Waals surface area contributed by atoms with Gasteiger partial charge in [0.1, 0.15) is 5.82 Å². The lowest BCUT2D eigenvalue weighted by Crippen LogP contribution is -2.16. The lowest BCUT2D eigenvalue weighted by molar-refractivity contribution is 0.102. The van der Waals surface area contributed by atoms with Gasteiger partial charge in [0.2, 0.25) is 0 Å². The second kappa shape index (κ2) is 7.71. The summed E-state index contributed by atoms with van der Waals surface area (Å²) < 4.78 is 24.3. The van der Waals surface area contributed by atoms with Gasteiger partial charge < -0.3 is 14.8 Å². The quantitative estimate of drug-likeness (QED) is 0.697. The molecule has 0 unspecified atom stereocenters. The Kier molecular flexibility index (Phi) is 5.10. The summed E-state index contributed by atoms with van der Waals surface area (Å²) in [4.78, 5) is 13.0. The molecule has 0 radical (unpaired) electrons. The zero-order valence-corrected chi connectivity index (χ0v) is 17.2. The van der Waals surface area contributed by atoms with Crippen molar-refractivity contribution < 1.29 is 18.5 Å². The van der Waals surface area contributed by atoms with Crippen molar-refractivity contribution in [1.82, 2.24) is 9.78 Å². The first kappa shape index (κ1) is 19.2. The molecule has 0 aliphatic carbocycles. The van der Waals surface area contributed by atoms with Crippen molar-refractivity contribution in [2.45, 2.75) is 18.4 Å². The van der Waals surface area contributed by atoms with Crippen LogP contribution >= 0.6 is 0 Å². The predicted octanol–water partition coefficient (Wildman–Crippen LogP) is 3.21. The summed E-state index contributed by atoms with van der Waals surface area (Å²) in [5, 5.41) is 7.57. The van der Waals surface area contributed by atoms with Crippen molar-refractivity contribution in [2.75, 3.05) is 19.5 Å². The maximum absolute atomic E-state index is 13.0. The number of amides is 1. The minimum atomic E-state index is -0.999. The number of nitrogens with zero attached hydrogens (tertiary/aromatic N) is 2. The van der Waals surface area contributed by atoms with Crippen LogP contribution in [-0.2, 0) is 22.3 Å². The van der Waals surface area contributed by atoms with Gasteiger partial charge in [0.15, 0.2) is 11.5 Å². The molecule has 0 saturated carbocycles. The van der Waals surface area contributed by atoms with Crippen molar-refractivity contribution in [3.63, 3.8) is 0 Å². The number of hydrogen-bond acceptors (Lipinski definition) is 5. The van der Waals surface area contributed by atoms with E-state index in [1.807, 2.05) is 31.2 Å². The van der Waals surface area contributed by atoms with Crippen LogP contribution in [0, 0.1) is 6.92 Å². The Balaban J connectivity index is 1.72. The van der Waals surface area contributed by atoms with E-state index in [0.29, 0.717) is 34.4 Å². The number of carbonyl (C=O) groups is 1. The number of methoxy groups -OCH3 is 2. The van der Waals surface area contributed by atoms with Gasteiger partial charge in [-0.3, -0.25) is 9.00 Å². The van der Waals surface area contributed by atoms with Crippen LogP contribution in [0.4, 0.5) is 5.82 Å². The fraction of sp³-hybridized carbons (Fsp3) is 0.238. The molecular weight excluding hydrogens is 390 g/mol. The smallest absolute Gasteiger partial charge is 0.256 e. The van der Waals surface area contributed by atoms with Crippen LogP contribution in [0.3, 0.4) is 0 Å². The lowest BCUT2D eigenvalue weighted by Gasteiger charge is -2.13. The van der Waals surface area contributed by atoms with E-state index in [4.69, 9.17) is 9.47 Å². The molecule has 0 bridgehead atoms. The number of ether oxygens (including phenoxy) is 2. The molecule has 2 heterocycles. The first-order chi connectivity index (χ1) is 14.0. The van der Waals surface area contributed by atoms with Crippen LogP contribution < -0.4 is 14.8 Å². The van der Waals surface area contributed by atoms with Crippen molar-refractivity contribution in [1.29, 1.82) is 0 Å². The number of fused-ring (bicyclic) bond motifs is 1. The van der Waals surface area contributed by atoms with Crippen molar-refractivity contribution in [3.05, 3.63) is 64.8 Å². The second-order valence-electron chi connectivity index (χ2n) is 6.77. The van der Waals surface area contributed by atoms with Gasteiger partial charge in [0.05, 0.1) is 37.1 Å². The summed E-state index contributed by atoms with van der Waals surface area (Å²) in [5.74, 6) is 2.04. The number of aryl methyl sites for hydroxylation is 1. The van der Waals surface area contributed by atoms with Gasteiger partial charge in [0.25, 0.3) is 5.91 Å². The van der Waals surface area contributed by atoms with Crippen LogP contribution in [0.15, 0.2) is 42.5 Å². The van der Waals surface area contributed by atoms with E-state index in [2.05, 4.69) is 10.4 Å². The zero-order chi connectivity index (χ0) is 20.5. The Bertz CT molecular complexity index is 1110. The molecule has 29 heavy (non-hydrogen) atoms. The molecule has 1 aliphatic rings. The van der Waals surface area contributed by atoms with E-state index in [-0.39, 0.29) is 5.91 Å². The van der Waals surface area contributed by atoms with E-state index in [0.717, 1.165) is 22.5 Å². The van der Waals surface area contributed by atoms with Crippen molar-refractivity contribution >= 4 is 22.5 Å². The highest BCUT2D eigenvalue weighted by molar-refractivity contribution is 7.83. The molecule has 1 aliphatic heterocycles. The number of aromatic nitrogens is 2. The normalized spacial score (nSPS) is 15.1. The first-order valence-corrected chi connectivity index (χ1v) is 10.5. The summed E-state index contributed by atoms with van der Waals surface area (Å²) in [5.41, 5.74) is 3.96. The third-order valence-electron chi connectivity index (χ3n) is 4.83. The topological polar surface area (TPSA) is 82.5 Å². The van der Waals surface area contributed by atoms with Gasteiger partial charge in [-0.05, 0) is 37.3 Å². The fourth-order valence-corrected chi connectivity index (χ4v) is 4.55. The molecule has 8 heteroatoms. The molecule has 1 amide bonds. The predicted molar refractivity (Wildman–Crippen MR) is 111 cm³/mol. The van der Waals surface area contributed by atoms with Gasteiger partial charge in [-0.1, -0.05) is 17.7 Å². The summed E-state index contributed by atoms with van der Waals surface area (Å²) in [6.45, 7) is 2.01. The van der Waals surface area contributed by atoms with Gasteiger partial charge in [-0.25, -0.2) is 4.68 Å². The van der Waals surface area contributed by atoms with Gasteiger partial charge in [-0.2, -0.15) is 5.10 Å². The van der Waals surface area contributed by atoms with E-state index in [1.165, 1.54) is 7.11 Å². The van der Waals surface area contributed by atoms with Crippen LogP contribution in [0.25, 0.3) is 5.69 Å². The molecule has 1 N–H and O–H groups in total. The fourth-order valence-electron chi connectivity index (χ4n) is 3.29. The molecule has 150 valence electrons. The minimum Gasteiger partial charge on any atom is -0.493 e. The monoisotopic (exact) mass is 411 g/mol. The highest BCUT2D eigenvalue weighted by Gasteiger charge is 2.28. The molecule has 0 spiro atoms. The molecule has 4 rings (SSSR count). The Morgan fingerprint density at radius 1 is 1.07 bits per heavy atom. The lowest BCUT2D eigenvalue weighted by atomic mass is 10.1. The number of benzene rings is 2. The summed E-state index contributed by atoms with van der Waals surface area (Å²) in [6.07, 6.45) is 0. The molecular formula is C21H21N3O4S. The Labute approximate surface area is 171 Å². The average molecular weight is 411 g/mol. The maximum Gasteiger partial charge on any atom is 0.256 e. The van der Waals surface area contributed by atoms with Crippen LogP contribution in [0.1, 0.15) is 27.2 Å². The molecule has 1 atom stereocenters. The summed E-state index contributed by atoms with van der Waals surface area (Å²) in [7, 11) is 2.07. The number of rotatable bonds is 5. The molecule has 3 aromatic rings. The van der Waals surface area contributed by atoms with Gasteiger partial charge in [0, 0.05) is 21.9 Å². The molecule has 0 saturated heterocycles. The van der Waals surface area contributed by atoms with Crippen LogP contribution in [0.2, 0.25) is 0 Å². The SMILES string of the molecule is COc1ccc(C(=O)Nc2c3c(nn2-c2ccc(C)cc2)C[S@](=O)C3)cc1OC. The average Bonchev–Trinajstić information content (AvgIpc) is 3.24. The number of carbonyl (C=O) groups excluding carboxylic acids is 1. The molecule has 7 nitrogen and oxygen atoms in total. The molecule has 0 fully saturated rings. The standard InChI is InChI=1S/C21H21N3O4S/c1-13-4-7-15(8-5-13)24-20(16-11-29(26)12-17(16)23-24)22-21(25)14-6-9-18(27-2)19(10-14)28-3/h4-10H,11-12H2,1-3H3,(H,22,25)/t29-/m1/s1. The largest absolute Gasteiger partial charge is 0.493 e. The molecule has 2 aromatic carbocycles. The Morgan fingerprint density at radius 2 is 1.79 bits per heavy atom. The second-order valence-corrected chi connectivity index (χ2v) is 8.23. The first-order valence-electron chi connectivity index (χ1n) is 9.06. The number of hydrogen-bond donors (Lipinski definition) is 1. The van der Waals surface area contributed by atoms with Crippen LogP contribution in [0.5, 0.6) is 11.5 Å². The Hall–Kier alpha value is -3.13. The van der Waals surface area contributed by atoms with Crippen LogP contribution in [-0.4, -0.2) is 34.1 Å². The number of anilines is 1. The van der Waals surface area contributed by atoms with E-state index in [1.54, 1.807) is 30.0 Å². The zero-order valence-electron chi connectivity index (χ0n) is 16.4. The summed E-state index contributed by atoms with van der Waals surface area (Å²) in [6, 6.07) is 12.8. The maximum atomic E-state index is 13.0. The van der Waals surface area contributed by atoms with Gasteiger partial charge >= 0.3 is 0 Å². The third-order valence-corrected chi connectivity index (χ3v) is 6.03. The van der Waals surface area contributed by atoms with Crippen molar-refractivity contribution in [2.24, 2.45) is 0 Å². The Morgan fingerprint density at radius 3 is 2.48 bits per heavy atom. The van der Waals surface area contributed by atoms with Crippen molar-refractivity contribution in [3.8, 4) is 17.2 Å². The number of nitrogens with one attached hydrogen (secondary N) is 1. The highest BCUT2D eigenvalue weighted by Crippen LogP contribution is 2.32.